The Morgan fingerprint density at radius 2 is 2.00 bits per heavy atom. The van der Waals surface area contributed by atoms with Crippen LogP contribution in [0.1, 0.15) is 33.6 Å². The molecule has 0 aromatic carbocycles. The molecule has 3 rings (SSSR count). The fraction of sp³-hybridized carbons (Fsp3) is 0.923. The minimum absolute atomic E-state index is 0.259. The zero-order chi connectivity index (χ0) is 13.8. The molecule has 5 atom stereocenters. The Bertz CT molecular complexity index is 395. The molecule has 0 N–H and O–H groups in total. The molecule has 6 nitrogen and oxygen atoms in total. The van der Waals surface area contributed by atoms with Gasteiger partial charge >= 0.3 is 5.97 Å². The number of rotatable bonds is 2. The van der Waals surface area contributed by atoms with Crippen molar-refractivity contribution in [3.05, 3.63) is 0 Å². The highest BCUT2D eigenvalue weighted by molar-refractivity contribution is 5.66. The second-order valence-electron chi connectivity index (χ2n) is 5.83. The van der Waals surface area contributed by atoms with Gasteiger partial charge in [0.15, 0.2) is 12.1 Å². The van der Waals surface area contributed by atoms with Gasteiger partial charge in [-0.05, 0) is 26.7 Å². The maximum atomic E-state index is 11.2. The molecular weight excluding hydrogens is 252 g/mol. The van der Waals surface area contributed by atoms with Gasteiger partial charge in [0.05, 0.1) is 0 Å². The summed E-state index contributed by atoms with van der Waals surface area (Å²) >= 11 is 0. The Morgan fingerprint density at radius 3 is 2.53 bits per heavy atom. The zero-order valence-electron chi connectivity index (χ0n) is 11.7. The van der Waals surface area contributed by atoms with Gasteiger partial charge in [-0.25, -0.2) is 0 Å². The number of hydrogen-bond donors (Lipinski definition) is 0. The van der Waals surface area contributed by atoms with Crippen LogP contribution in [0.3, 0.4) is 0 Å². The second-order valence-corrected chi connectivity index (χ2v) is 5.83. The highest BCUT2D eigenvalue weighted by Crippen LogP contribution is 2.54. The highest BCUT2D eigenvalue weighted by Gasteiger charge is 2.70. The third kappa shape index (κ3) is 1.89. The number of carbonyl (C=O) groups excluding carboxylic acids is 1. The van der Waals surface area contributed by atoms with Gasteiger partial charge in [0.1, 0.15) is 23.9 Å². The average molecular weight is 272 g/mol. The first kappa shape index (κ1) is 13.3. The van der Waals surface area contributed by atoms with Crippen molar-refractivity contribution in [1.82, 2.24) is 0 Å². The van der Waals surface area contributed by atoms with Crippen LogP contribution in [-0.2, 0) is 28.5 Å². The summed E-state index contributed by atoms with van der Waals surface area (Å²) in [5.74, 6) is -0.970. The minimum Gasteiger partial charge on any atom is -0.459 e. The number of methoxy groups -OCH3 is 1. The third-order valence-corrected chi connectivity index (χ3v) is 4.10. The van der Waals surface area contributed by atoms with Gasteiger partial charge < -0.3 is 23.7 Å². The van der Waals surface area contributed by atoms with Gasteiger partial charge in [0.2, 0.25) is 0 Å². The van der Waals surface area contributed by atoms with E-state index in [-0.39, 0.29) is 24.3 Å². The largest absolute Gasteiger partial charge is 0.459 e. The molecule has 0 aromatic rings. The van der Waals surface area contributed by atoms with Crippen molar-refractivity contribution in [1.29, 1.82) is 0 Å². The molecule has 2 saturated heterocycles. The van der Waals surface area contributed by atoms with Crippen molar-refractivity contribution >= 4 is 5.97 Å². The fourth-order valence-corrected chi connectivity index (χ4v) is 3.26. The molecule has 1 saturated carbocycles. The standard InChI is InChI=1S/C13H20O6/c1-7(14)16-8-5-6-13(8)10-9(11(15-4)19-13)17-12(2,3)18-10/h8-11H,5-6H2,1-4H3/t8-,9-,10?,11+,13+/m0/s1. The summed E-state index contributed by atoms with van der Waals surface area (Å²) in [6.45, 7) is 5.14. The Labute approximate surface area is 112 Å². The van der Waals surface area contributed by atoms with E-state index >= 15 is 0 Å². The predicted octanol–water partition coefficient (Wildman–Crippen LogP) is 0.973. The van der Waals surface area contributed by atoms with Gasteiger partial charge in [0, 0.05) is 14.0 Å². The van der Waals surface area contributed by atoms with Gasteiger partial charge in [-0.15, -0.1) is 0 Å². The van der Waals surface area contributed by atoms with Crippen molar-refractivity contribution in [2.75, 3.05) is 7.11 Å². The Hall–Kier alpha value is -0.690. The van der Waals surface area contributed by atoms with Crippen LogP contribution in [0.5, 0.6) is 0 Å². The summed E-state index contributed by atoms with van der Waals surface area (Å²) < 4.78 is 28.4. The quantitative estimate of drug-likeness (QED) is 0.698. The smallest absolute Gasteiger partial charge is 0.303 e. The summed E-state index contributed by atoms with van der Waals surface area (Å²) in [5.41, 5.74) is -0.620. The first-order valence-electron chi connectivity index (χ1n) is 6.61. The van der Waals surface area contributed by atoms with Gasteiger partial charge in [0.25, 0.3) is 0 Å². The van der Waals surface area contributed by atoms with E-state index in [0.29, 0.717) is 0 Å². The van der Waals surface area contributed by atoms with Gasteiger partial charge in [-0.3, -0.25) is 4.79 Å². The molecule has 3 fully saturated rings. The van der Waals surface area contributed by atoms with E-state index in [2.05, 4.69) is 0 Å². The van der Waals surface area contributed by atoms with E-state index in [1.807, 2.05) is 13.8 Å². The van der Waals surface area contributed by atoms with E-state index in [9.17, 15) is 4.79 Å². The maximum absolute atomic E-state index is 11.2. The molecule has 2 heterocycles. The van der Waals surface area contributed by atoms with E-state index in [1.165, 1.54) is 6.92 Å². The molecule has 3 aliphatic rings. The zero-order valence-corrected chi connectivity index (χ0v) is 11.7. The lowest BCUT2D eigenvalue weighted by molar-refractivity contribution is -0.291. The van der Waals surface area contributed by atoms with Crippen LogP contribution in [0.2, 0.25) is 0 Å². The first-order valence-corrected chi connectivity index (χ1v) is 6.61. The van der Waals surface area contributed by atoms with Crippen molar-refractivity contribution < 1.29 is 28.5 Å². The number of fused-ring (bicyclic) bond motifs is 2. The molecule has 0 aromatic heterocycles. The second kappa shape index (κ2) is 4.15. The molecule has 0 radical (unpaired) electrons. The van der Waals surface area contributed by atoms with E-state index in [4.69, 9.17) is 23.7 Å². The first-order chi connectivity index (χ1) is 8.88. The molecule has 1 aliphatic carbocycles. The van der Waals surface area contributed by atoms with Crippen LogP contribution in [0.25, 0.3) is 0 Å². The lowest BCUT2D eigenvalue weighted by Gasteiger charge is -2.47. The Morgan fingerprint density at radius 1 is 1.26 bits per heavy atom. The van der Waals surface area contributed by atoms with Gasteiger partial charge in [-0.1, -0.05) is 0 Å². The molecule has 0 bridgehead atoms. The lowest BCUT2D eigenvalue weighted by atomic mass is 9.72. The highest BCUT2D eigenvalue weighted by atomic mass is 16.8. The molecule has 2 aliphatic heterocycles. The molecule has 1 unspecified atom stereocenters. The van der Waals surface area contributed by atoms with E-state index in [1.54, 1.807) is 7.11 Å². The lowest BCUT2D eigenvalue weighted by Crippen LogP contribution is -2.61. The third-order valence-electron chi connectivity index (χ3n) is 4.10. The summed E-state index contributed by atoms with van der Waals surface area (Å²) in [7, 11) is 1.58. The summed E-state index contributed by atoms with van der Waals surface area (Å²) in [5, 5.41) is 0. The Kier molecular flexibility index (Phi) is 2.91. The monoisotopic (exact) mass is 272 g/mol. The average Bonchev–Trinajstić information content (AvgIpc) is 2.76. The summed E-state index contributed by atoms with van der Waals surface area (Å²) in [4.78, 5) is 11.2. The molecular formula is C13H20O6. The van der Waals surface area contributed by atoms with Crippen molar-refractivity contribution in [2.45, 2.75) is 69.6 Å². The molecule has 1 spiro atoms. The summed E-state index contributed by atoms with van der Waals surface area (Å²) in [6, 6.07) is 0. The molecule has 108 valence electrons. The van der Waals surface area contributed by atoms with E-state index < -0.39 is 17.7 Å². The SMILES string of the molecule is CO[C@@H]1O[C@@]2(CC[C@@H]2OC(C)=O)C2OC(C)(C)O[C@@H]21. The minimum atomic E-state index is -0.667. The molecule has 0 amide bonds. The van der Waals surface area contributed by atoms with Crippen LogP contribution in [-0.4, -0.2) is 49.1 Å². The summed E-state index contributed by atoms with van der Waals surface area (Å²) in [6.07, 6.45) is 0.262. The van der Waals surface area contributed by atoms with Crippen molar-refractivity contribution in [3.63, 3.8) is 0 Å². The molecule has 19 heavy (non-hydrogen) atoms. The number of hydrogen-bond acceptors (Lipinski definition) is 6. The van der Waals surface area contributed by atoms with Crippen LogP contribution < -0.4 is 0 Å². The topological polar surface area (TPSA) is 63.2 Å². The van der Waals surface area contributed by atoms with E-state index in [0.717, 1.165) is 12.8 Å². The fourth-order valence-electron chi connectivity index (χ4n) is 3.26. The number of carbonyl (C=O) groups is 1. The maximum Gasteiger partial charge on any atom is 0.303 e. The Balaban J connectivity index is 1.84. The predicted molar refractivity (Wildman–Crippen MR) is 63.2 cm³/mol. The molecule has 6 heteroatoms. The van der Waals surface area contributed by atoms with Crippen LogP contribution in [0.15, 0.2) is 0 Å². The van der Waals surface area contributed by atoms with Crippen LogP contribution in [0, 0.1) is 0 Å². The van der Waals surface area contributed by atoms with Crippen molar-refractivity contribution in [3.8, 4) is 0 Å². The normalized spacial score (nSPS) is 46.9. The number of esters is 1. The van der Waals surface area contributed by atoms with Crippen LogP contribution >= 0.6 is 0 Å². The van der Waals surface area contributed by atoms with Crippen molar-refractivity contribution in [2.24, 2.45) is 0 Å². The van der Waals surface area contributed by atoms with Gasteiger partial charge in [-0.2, -0.15) is 0 Å². The number of ether oxygens (including phenoxy) is 5. The van der Waals surface area contributed by atoms with Crippen LogP contribution in [0.4, 0.5) is 0 Å².